The third-order valence-corrected chi connectivity index (χ3v) is 5.06. The highest BCUT2D eigenvalue weighted by Crippen LogP contribution is 2.30. The number of carbonyl (C=O) groups is 2. The highest BCUT2D eigenvalue weighted by molar-refractivity contribution is 7.20. The standard InChI is InChI=1S/C19H21N3O3S/c1-11(2)10-22-18-14(12(3)21-22)9-15(26-18)19(24)25-16(17(20)23)13-7-5-4-6-8-13/h4-9,11,16H,10H2,1-3H3,(H2,20,23)/t16-/m1/s1. The summed E-state index contributed by atoms with van der Waals surface area (Å²) in [5.74, 6) is -0.825. The number of primary amides is 1. The van der Waals surface area contributed by atoms with E-state index in [1.54, 1.807) is 30.3 Å². The maximum atomic E-state index is 12.6. The Morgan fingerprint density at radius 2 is 1.96 bits per heavy atom. The number of hydrogen-bond donors (Lipinski definition) is 1. The van der Waals surface area contributed by atoms with Crippen molar-refractivity contribution >= 4 is 33.4 Å². The van der Waals surface area contributed by atoms with Crippen LogP contribution in [0.15, 0.2) is 36.4 Å². The molecule has 0 aliphatic rings. The molecule has 1 aromatic carbocycles. The van der Waals surface area contributed by atoms with Crippen LogP contribution in [0, 0.1) is 12.8 Å². The van der Waals surface area contributed by atoms with Gasteiger partial charge in [-0.3, -0.25) is 9.48 Å². The lowest BCUT2D eigenvalue weighted by Crippen LogP contribution is -2.26. The summed E-state index contributed by atoms with van der Waals surface area (Å²) < 4.78 is 7.33. The molecule has 3 rings (SSSR count). The molecule has 1 amide bonds. The summed E-state index contributed by atoms with van der Waals surface area (Å²) in [5.41, 5.74) is 6.84. The van der Waals surface area contributed by atoms with Crippen molar-refractivity contribution < 1.29 is 14.3 Å². The molecule has 0 radical (unpaired) electrons. The molecule has 0 fully saturated rings. The first-order valence-electron chi connectivity index (χ1n) is 8.39. The molecule has 0 saturated heterocycles. The minimum absolute atomic E-state index is 0.431. The molecule has 3 aromatic rings. The van der Waals surface area contributed by atoms with Gasteiger partial charge in [0.1, 0.15) is 9.71 Å². The second-order valence-electron chi connectivity index (χ2n) is 6.59. The number of fused-ring (bicyclic) bond motifs is 1. The molecule has 0 saturated carbocycles. The van der Waals surface area contributed by atoms with E-state index in [0.717, 1.165) is 22.5 Å². The van der Waals surface area contributed by atoms with E-state index in [4.69, 9.17) is 10.5 Å². The molecule has 0 spiro atoms. The van der Waals surface area contributed by atoms with Gasteiger partial charge >= 0.3 is 5.97 Å². The van der Waals surface area contributed by atoms with Crippen molar-refractivity contribution in [2.45, 2.75) is 33.4 Å². The van der Waals surface area contributed by atoms with E-state index in [0.29, 0.717) is 16.4 Å². The van der Waals surface area contributed by atoms with Gasteiger partial charge in [0.05, 0.1) is 5.69 Å². The number of aromatic nitrogens is 2. The number of nitrogens with two attached hydrogens (primary N) is 1. The summed E-state index contributed by atoms with van der Waals surface area (Å²) in [6, 6.07) is 10.5. The lowest BCUT2D eigenvalue weighted by atomic mass is 10.1. The van der Waals surface area contributed by atoms with Crippen molar-refractivity contribution in [3.8, 4) is 0 Å². The van der Waals surface area contributed by atoms with Crippen LogP contribution in [-0.2, 0) is 16.1 Å². The third-order valence-electron chi connectivity index (χ3n) is 3.93. The van der Waals surface area contributed by atoms with Crippen LogP contribution in [-0.4, -0.2) is 21.7 Å². The van der Waals surface area contributed by atoms with Gasteiger partial charge in [0.25, 0.3) is 5.91 Å². The molecule has 26 heavy (non-hydrogen) atoms. The highest BCUT2D eigenvalue weighted by Gasteiger charge is 2.25. The number of thiophene rings is 1. The Kier molecular flexibility index (Phi) is 5.08. The molecule has 7 heteroatoms. The summed E-state index contributed by atoms with van der Waals surface area (Å²) >= 11 is 1.32. The van der Waals surface area contributed by atoms with Crippen LogP contribution in [0.1, 0.15) is 40.9 Å². The van der Waals surface area contributed by atoms with Gasteiger partial charge in [0.15, 0.2) is 0 Å². The molecule has 0 aliphatic heterocycles. The summed E-state index contributed by atoms with van der Waals surface area (Å²) in [6.07, 6.45) is -1.11. The van der Waals surface area contributed by atoms with Crippen molar-refractivity contribution in [1.82, 2.24) is 9.78 Å². The smallest absolute Gasteiger partial charge is 0.349 e. The monoisotopic (exact) mass is 371 g/mol. The van der Waals surface area contributed by atoms with E-state index >= 15 is 0 Å². The van der Waals surface area contributed by atoms with Gasteiger partial charge in [-0.1, -0.05) is 44.2 Å². The van der Waals surface area contributed by atoms with Crippen LogP contribution < -0.4 is 5.73 Å². The molecular formula is C19H21N3O3S. The molecule has 136 valence electrons. The number of benzene rings is 1. The predicted molar refractivity (Wildman–Crippen MR) is 101 cm³/mol. The van der Waals surface area contributed by atoms with E-state index < -0.39 is 18.0 Å². The van der Waals surface area contributed by atoms with Gasteiger partial charge < -0.3 is 10.5 Å². The molecular weight excluding hydrogens is 350 g/mol. The first-order valence-corrected chi connectivity index (χ1v) is 9.20. The number of ether oxygens (including phenoxy) is 1. The fraction of sp³-hybridized carbons (Fsp3) is 0.316. The minimum Gasteiger partial charge on any atom is -0.443 e. The Balaban J connectivity index is 1.88. The zero-order valence-corrected chi connectivity index (χ0v) is 15.7. The van der Waals surface area contributed by atoms with Gasteiger partial charge in [-0.2, -0.15) is 5.10 Å². The Labute approximate surface area is 155 Å². The fourth-order valence-corrected chi connectivity index (χ4v) is 3.82. The van der Waals surface area contributed by atoms with Crippen LogP contribution in [0.2, 0.25) is 0 Å². The second kappa shape index (κ2) is 7.29. The van der Waals surface area contributed by atoms with Crippen LogP contribution in [0.25, 0.3) is 10.2 Å². The van der Waals surface area contributed by atoms with E-state index in [1.165, 1.54) is 11.3 Å². The molecule has 0 bridgehead atoms. The average molecular weight is 371 g/mol. The summed E-state index contributed by atoms with van der Waals surface area (Å²) in [6.45, 7) is 6.91. The van der Waals surface area contributed by atoms with Gasteiger partial charge in [-0.05, 0) is 18.9 Å². The third kappa shape index (κ3) is 3.62. The van der Waals surface area contributed by atoms with Gasteiger partial charge in [-0.15, -0.1) is 11.3 Å². The van der Waals surface area contributed by atoms with Gasteiger partial charge in [-0.25, -0.2) is 4.79 Å². The van der Waals surface area contributed by atoms with Crippen molar-refractivity contribution in [3.05, 3.63) is 52.5 Å². The quantitative estimate of drug-likeness (QED) is 0.672. The Bertz CT molecular complexity index is 944. The predicted octanol–water partition coefficient (Wildman–Crippen LogP) is 3.45. The number of nitrogens with zero attached hydrogens (tertiary/aromatic N) is 2. The van der Waals surface area contributed by atoms with Crippen molar-refractivity contribution in [3.63, 3.8) is 0 Å². The molecule has 0 unspecified atom stereocenters. The van der Waals surface area contributed by atoms with E-state index in [1.807, 2.05) is 17.7 Å². The Morgan fingerprint density at radius 3 is 2.58 bits per heavy atom. The number of rotatable bonds is 6. The maximum absolute atomic E-state index is 12.6. The molecule has 1 atom stereocenters. The summed E-state index contributed by atoms with van der Waals surface area (Å²) in [7, 11) is 0. The van der Waals surface area contributed by atoms with Crippen LogP contribution in [0.5, 0.6) is 0 Å². The molecule has 2 heterocycles. The fourth-order valence-electron chi connectivity index (χ4n) is 2.77. The number of hydrogen-bond acceptors (Lipinski definition) is 5. The van der Waals surface area contributed by atoms with Crippen LogP contribution in [0.4, 0.5) is 0 Å². The molecule has 0 aliphatic carbocycles. The zero-order valence-electron chi connectivity index (χ0n) is 14.9. The average Bonchev–Trinajstić information content (AvgIpc) is 3.14. The molecule has 6 nitrogen and oxygen atoms in total. The highest BCUT2D eigenvalue weighted by atomic mass is 32.1. The lowest BCUT2D eigenvalue weighted by Gasteiger charge is -2.14. The SMILES string of the molecule is Cc1nn(CC(C)C)c2sc(C(=O)O[C@@H](C(N)=O)c3ccccc3)cc12. The Morgan fingerprint density at radius 1 is 1.27 bits per heavy atom. The van der Waals surface area contributed by atoms with Crippen molar-refractivity contribution in [2.24, 2.45) is 11.7 Å². The van der Waals surface area contributed by atoms with Gasteiger partial charge in [0, 0.05) is 17.5 Å². The largest absolute Gasteiger partial charge is 0.443 e. The normalized spacial score (nSPS) is 12.5. The topological polar surface area (TPSA) is 87.2 Å². The second-order valence-corrected chi connectivity index (χ2v) is 7.62. The first-order chi connectivity index (χ1) is 12.4. The van der Waals surface area contributed by atoms with E-state index in [9.17, 15) is 9.59 Å². The number of carbonyl (C=O) groups excluding carboxylic acids is 2. The molecule has 2 aromatic heterocycles. The zero-order chi connectivity index (χ0) is 18.8. The first kappa shape index (κ1) is 18.1. The van der Waals surface area contributed by atoms with Gasteiger partial charge in [0.2, 0.25) is 6.10 Å². The van der Waals surface area contributed by atoms with E-state index in [-0.39, 0.29) is 0 Å². The summed E-state index contributed by atoms with van der Waals surface area (Å²) in [4.78, 5) is 25.7. The Hall–Kier alpha value is -2.67. The van der Waals surface area contributed by atoms with Crippen LogP contribution >= 0.6 is 11.3 Å². The number of aryl methyl sites for hydroxylation is 1. The van der Waals surface area contributed by atoms with Crippen molar-refractivity contribution in [1.29, 1.82) is 0 Å². The molecule has 2 N–H and O–H groups in total. The lowest BCUT2D eigenvalue weighted by molar-refractivity contribution is -0.127. The maximum Gasteiger partial charge on any atom is 0.349 e. The van der Waals surface area contributed by atoms with E-state index in [2.05, 4.69) is 18.9 Å². The van der Waals surface area contributed by atoms with Crippen LogP contribution in [0.3, 0.4) is 0 Å². The minimum atomic E-state index is -1.11. The number of esters is 1. The van der Waals surface area contributed by atoms with Crippen molar-refractivity contribution in [2.75, 3.05) is 0 Å². The number of amides is 1. The summed E-state index contributed by atoms with van der Waals surface area (Å²) in [5, 5.41) is 5.46.